The number of ether oxygens (including phenoxy) is 3. The van der Waals surface area contributed by atoms with E-state index in [9.17, 15) is 14.4 Å². The van der Waals surface area contributed by atoms with Gasteiger partial charge in [0.2, 0.25) is 0 Å². The van der Waals surface area contributed by atoms with Crippen LogP contribution in [0.1, 0.15) is 44.9 Å². The molecule has 0 saturated heterocycles. The molecule has 1 aliphatic rings. The zero-order valence-corrected chi connectivity index (χ0v) is 23.3. The van der Waals surface area contributed by atoms with Crippen molar-refractivity contribution in [2.45, 2.75) is 33.7 Å². The Morgan fingerprint density at radius 3 is 2.54 bits per heavy atom. The molecule has 1 atom stereocenters. The number of carbonyl (C=O) groups is 2. The monoisotopic (exact) mass is 546 g/mol. The number of rotatable bonds is 8. The van der Waals surface area contributed by atoms with Crippen LogP contribution >= 0.6 is 11.3 Å². The van der Waals surface area contributed by atoms with Gasteiger partial charge in [-0.2, -0.15) is 0 Å². The lowest BCUT2D eigenvalue weighted by Crippen LogP contribution is -2.40. The molecule has 0 saturated carbocycles. The van der Waals surface area contributed by atoms with Gasteiger partial charge < -0.3 is 14.2 Å². The Bertz CT molecular complexity index is 1630. The van der Waals surface area contributed by atoms with Crippen molar-refractivity contribution >= 4 is 35.4 Å². The second kappa shape index (κ2) is 12.1. The molecule has 0 fully saturated rings. The Morgan fingerprint density at radius 1 is 1.13 bits per heavy atom. The third kappa shape index (κ3) is 6.26. The number of aromatic nitrogens is 1. The van der Waals surface area contributed by atoms with E-state index in [1.807, 2.05) is 56.3 Å². The molecule has 2 heterocycles. The van der Waals surface area contributed by atoms with Crippen LogP contribution in [0.25, 0.3) is 12.2 Å². The molecule has 8 nitrogen and oxygen atoms in total. The molecular formula is C30H30N2O6S. The van der Waals surface area contributed by atoms with Crippen LogP contribution in [0.5, 0.6) is 11.5 Å². The molecule has 0 aliphatic carbocycles. The molecule has 0 spiro atoms. The van der Waals surface area contributed by atoms with Crippen LogP contribution in [0.3, 0.4) is 0 Å². The molecule has 0 amide bonds. The lowest BCUT2D eigenvalue weighted by Gasteiger charge is -2.25. The largest absolute Gasteiger partial charge is 0.493 e. The topological polar surface area (TPSA) is 96.2 Å². The Hall–Kier alpha value is -4.24. The Balaban J connectivity index is 1.86. The summed E-state index contributed by atoms with van der Waals surface area (Å²) in [6.07, 6.45) is 5.47. The summed E-state index contributed by atoms with van der Waals surface area (Å²) in [5.74, 6) is -0.381. The summed E-state index contributed by atoms with van der Waals surface area (Å²) in [5.41, 5.74) is 2.03. The molecule has 39 heavy (non-hydrogen) atoms. The third-order valence-electron chi connectivity index (χ3n) is 5.88. The van der Waals surface area contributed by atoms with E-state index >= 15 is 0 Å². The summed E-state index contributed by atoms with van der Waals surface area (Å²) in [6, 6.07) is 13.9. The van der Waals surface area contributed by atoms with Crippen molar-refractivity contribution in [2.75, 3.05) is 13.7 Å². The number of nitrogens with zero attached hydrogens (tertiary/aromatic N) is 2. The van der Waals surface area contributed by atoms with E-state index in [1.54, 1.807) is 31.2 Å². The first-order valence-corrected chi connectivity index (χ1v) is 13.3. The van der Waals surface area contributed by atoms with Gasteiger partial charge in [0.25, 0.3) is 5.56 Å². The lowest BCUT2D eigenvalue weighted by molar-refractivity contribution is -0.140. The molecule has 2 aromatic carbocycles. The minimum Gasteiger partial charge on any atom is -0.493 e. The van der Waals surface area contributed by atoms with E-state index < -0.39 is 18.0 Å². The van der Waals surface area contributed by atoms with E-state index in [4.69, 9.17) is 14.2 Å². The summed E-state index contributed by atoms with van der Waals surface area (Å²) in [5, 5.41) is 0. The highest BCUT2D eigenvalue weighted by atomic mass is 32.1. The standard InChI is InChI=1S/C30H30N2O6S/c1-18(2)17-37-29(35)26-19(3)31-30-32(27(26)22-14-15-23(38-20(4)33)24(16-22)36-5)28(34)25(39-30)13-9-12-21-10-7-6-8-11-21/h6-16,18,27H,17H2,1-5H3/b12-9+,25-13+/t27-/m1/s1. The molecule has 0 bridgehead atoms. The molecular weight excluding hydrogens is 516 g/mol. The second-order valence-electron chi connectivity index (χ2n) is 9.37. The minimum absolute atomic E-state index is 0.133. The highest BCUT2D eigenvalue weighted by Crippen LogP contribution is 2.36. The summed E-state index contributed by atoms with van der Waals surface area (Å²) >= 11 is 1.24. The van der Waals surface area contributed by atoms with Gasteiger partial charge in [-0.3, -0.25) is 14.2 Å². The van der Waals surface area contributed by atoms with Crippen LogP contribution in [0.2, 0.25) is 0 Å². The normalized spacial score (nSPS) is 15.3. The van der Waals surface area contributed by atoms with Crippen molar-refractivity contribution in [2.24, 2.45) is 10.9 Å². The second-order valence-corrected chi connectivity index (χ2v) is 10.4. The lowest BCUT2D eigenvalue weighted by atomic mass is 9.95. The number of hydrogen-bond donors (Lipinski definition) is 0. The van der Waals surface area contributed by atoms with Gasteiger partial charge in [-0.25, -0.2) is 9.79 Å². The van der Waals surface area contributed by atoms with Crippen LogP contribution in [-0.4, -0.2) is 30.2 Å². The van der Waals surface area contributed by atoms with Gasteiger partial charge in [0.1, 0.15) is 0 Å². The number of benzene rings is 2. The van der Waals surface area contributed by atoms with Crippen molar-refractivity contribution in [3.05, 3.63) is 96.7 Å². The van der Waals surface area contributed by atoms with E-state index in [0.717, 1.165) is 5.56 Å². The fraction of sp³-hybridized carbons (Fsp3) is 0.267. The maximum atomic E-state index is 13.7. The molecule has 3 aromatic rings. The predicted octanol–water partition coefficient (Wildman–Crippen LogP) is 4.03. The van der Waals surface area contributed by atoms with Gasteiger partial charge in [-0.15, -0.1) is 0 Å². The van der Waals surface area contributed by atoms with Gasteiger partial charge in [-0.05, 0) is 42.2 Å². The van der Waals surface area contributed by atoms with Crippen molar-refractivity contribution in [1.82, 2.24) is 4.57 Å². The summed E-state index contributed by atoms with van der Waals surface area (Å²) in [4.78, 5) is 43.7. The fourth-order valence-electron chi connectivity index (χ4n) is 4.14. The maximum absolute atomic E-state index is 13.7. The van der Waals surface area contributed by atoms with E-state index in [-0.39, 0.29) is 29.4 Å². The first-order valence-electron chi connectivity index (χ1n) is 12.5. The number of methoxy groups -OCH3 is 1. The quantitative estimate of drug-likeness (QED) is 0.313. The Morgan fingerprint density at radius 2 is 1.87 bits per heavy atom. The van der Waals surface area contributed by atoms with E-state index in [1.165, 1.54) is 29.9 Å². The number of carbonyl (C=O) groups excluding carboxylic acids is 2. The van der Waals surface area contributed by atoms with Gasteiger partial charge in [0, 0.05) is 6.92 Å². The van der Waals surface area contributed by atoms with Crippen molar-refractivity contribution in [3.63, 3.8) is 0 Å². The SMILES string of the molecule is COc1cc([C@@H]2C(C(=O)OCC(C)C)=C(C)N=c3s/c(=C/C=C/c4ccccc4)c(=O)n32)ccc1OC(C)=O. The van der Waals surface area contributed by atoms with Gasteiger partial charge >= 0.3 is 11.9 Å². The highest BCUT2D eigenvalue weighted by Gasteiger charge is 2.34. The fourth-order valence-corrected chi connectivity index (χ4v) is 5.13. The minimum atomic E-state index is -0.818. The van der Waals surface area contributed by atoms with Gasteiger partial charge in [0.05, 0.1) is 35.6 Å². The zero-order chi connectivity index (χ0) is 28.1. The Kier molecular flexibility index (Phi) is 8.61. The first kappa shape index (κ1) is 27.8. The maximum Gasteiger partial charge on any atom is 0.338 e. The number of allylic oxidation sites excluding steroid dienone is 2. The van der Waals surface area contributed by atoms with Crippen LogP contribution < -0.4 is 24.4 Å². The molecule has 4 rings (SSSR count). The van der Waals surface area contributed by atoms with Crippen LogP contribution in [0.15, 0.2) is 75.7 Å². The first-order chi connectivity index (χ1) is 18.7. The molecule has 0 N–H and O–H groups in total. The molecule has 1 aliphatic heterocycles. The molecule has 0 radical (unpaired) electrons. The van der Waals surface area contributed by atoms with Crippen molar-refractivity contribution in [3.8, 4) is 11.5 Å². The van der Waals surface area contributed by atoms with Gasteiger partial charge in [-0.1, -0.05) is 73.7 Å². The number of hydrogen-bond acceptors (Lipinski definition) is 8. The zero-order valence-electron chi connectivity index (χ0n) is 22.5. The summed E-state index contributed by atoms with van der Waals surface area (Å²) in [6.45, 7) is 7.15. The molecule has 9 heteroatoms. The van der Waals surface area contributed by atoms with Crippen molar-refractivity contribution < 1.29 is 23.8 Å². The Labute approximate surface area is 230 Å². The average molecular weight is 547 g/mol. The van der Waals surface area contributed by atoms with Crippen LogP contribution in [0, 0.1) is 5.92 Å². The summed E-state index contributed by atoms with van der Waals surface area (Å²) < 4.78 is 18.3. The van der Waals surface area contributed by atoms with Gasteiger partial charge in [0.15, 0.2) is 16.3 Å². The van der Waals surface area contributed by atoms with E-state index in [2.05, 4.69) is 4.99 Å². The van der Waals surface area contributed by atoms with E-state index in [0.29, 0.717) is 26.3 Å². The van der Waals surface area contributed by atoms with Crippen LogP contribution in [0.4, 0.5) is 0 Å². The smallest absolute Gasteiger partial charge is 0.338 e. The van der Waals surface area contributed by atoms with Crippen LogP contribution in [-0.2, 0) is 14.3 Å². The number of thiazole rings is 1. The molecule has 1 aromatic heterocycles. The third-order valence-corrected chi connectivity index (χ3v) is 6.88. The molecule has 202 valence electrons. The summed E-state index contributed by atoms with van der Waals surface area (Å²) in [7, 11) is 1.45. The average Bonchev–Trinajstić information content (AvgIpc) is 3.21. The number of esters is 2. The molecule has 0 unspecified atom stereocenters. The number of fused-ring (bicyclic) bond motifs is 1. The highest BCUT2D eigenvalue weighted by molar-refractivity contribution is 7.07. The van der Waals surface area contributed by atoms with Crippen molar-refractivity contribution in [1.29, 1.82) is 0 Å². The predicted molar refractivity (Wildman–Crippen MR) is 150 cm³/mol.